The smallest absolute Gasteiger partial charge is 0.182 e. The predicted molar refractivity (Wildman–Crippen MR) is 69.8 cm³/mol. The molecule has 1 aromatic rings. The highest BCUT2D eigenvalue weighted by atomic mass is 32.2. The lowest BCUT2D eigenvalue weighted by Gasteiger charge is -2.13. The van der Waals surface area contributed by atoms with E-state index >= 15 is 0 Å². The Morgan fingerprint density at radius 1 is 1.33 bits per heavy atom. The zero-order valence-electron chi connectivity index (χ0n) is 9.96. The Morgan fingerprint density at radius 2 is 2.00 bits per heavy atom. The van der Waals surface area contributed by atoms with Gasteiger partial charge in [0, 0.05) is 5.69 Å². The summed E-state index contributed by atoms with van der Waals surface area (Å²) in [6, 6.07) is 4.67. The summed E-state index contributed by atoms with van der Waals surface area (Å²) in [6.07, 6.45) is 0.166. The molecule has 2 rings (SSSR count). The van der Waals surface area contributed by atoms with E-state index in [0.29, 0.717) is 11.3 Å². The zero-order valence-corrected chi connectivity index (χ0v) is 11.6. The average Bonchev–Trinajstić information content (AvgIpc) is 2.63. The van der Waals surface area contributed by atoms with Crippen molar-refractivity contribution in [3.05, 3.63) is 23.8 Å². The van der Waals surface area contributed by atoms with Crippen LogP contribution in [0, 0.1) is 6.92 Å². The van der Waals surface area contributed by atoms with Gasteiger partial charge in [0.15, 0.2) is 19.7 Å². The van der Waals surface area contributed by atoms with Crippen LogP contribution in [0.25, 0.3) is 0 Å². The Bertz CT molecular complexity index is 677. The molecule has 0 radical (unpaired) electrons. The van der Waals surface area contributed by atoms with Crippen molar-refractivity contribution < 1.29 is 16.8 Å². The molecule has 7 heteroatoms. The van der Waals surface area contributed by atoms with Crippen LogP contribution in [0.1, 0.15) is 12.0 Å². The standard InChI is InChI=1S/C11H15NO4S2/c1-8-10(12)3-2-4-11(8)18(15,16)9-5-6-17(13,14)7-9/h2-4,9H,5-7,12H2,1H3. The highest BCUT2D eigenvalue weighted by Crippen LogP contribution is 2.29. The number of rotatable bonds is 2. The van der Waals surface area contributed by atoms with Crippen molar-refractivity contribution in [2.45, 2.75) is 23.5 Å². The fourth-order valence-corrected chi connectivity index (χ4v) is 6.76. The summed E-state index contributed by atoms with van der Waals surface area (Å²) in [5, 5.41) is -0.844. The molecule has 1 aliphatic rings. The number of sulfone groups is 2. The second-order valence-corrected chi connectivity index (χ2v) is 8.97. The van der Waals surface area contributed by atoms with Crippen LogP contribution >= 0.6 is 0 Å². The maximum Gasteiger partial charge on any atom is 0.182 e. The van der Waals surface area contributed by atoms with Gasteiger partial charge in [0.2, 0.25) is 0 Å². The van der Waals surface area contributed by atoms with Crippen LogP contribution in [0.5, 0.6) is 0 Å². The molecule has 2 N–H and O–H groups in total. The van der Waals surface area contributed by atoms with Gasteiger partial charge >= 0.3 is 0 Å². The minimum atomic E-state index is -3.62. The van der Waals surface area contributed by atoms with Gasteiger partial charge in [-0.25, -0.2) is 16.8 Å². The number of nitrogens with two attached hydrogens (primary N) is 1. The van der Waals surface area contributed by atoms with Gasteiger partial charge in [0.1, 0.15) is 0 Å². The Balaban J connectivity index is 2.47. The van der Waals surface area contributed by atoms with E-state index in [1.54, 1.807) is 19.1 Å². The molecule has 1 aromatic carbocycles. The molecule has 0 bridgehead atoms. The normalized spacial score (nSPS) is 23.1. The summed E-state index contributed by atoms with van der Waals surface area (Å²) in [6.45, 7) is 1.63. The van der Waals surface area contributed by atoms with Crippen LogP contribution in [-0.4, -0.2) is 33.6 Å². The van der Waals surface area contributed by atoms with Gasteiger partial charge in [-0.2, -0.15) is 0 Å². The maximum atomic E-state index is 12.4. The summed E-state index contributed by atoms with van der Waals surface area (Å²) in [5.74, 6) is -0.345. The van der Waals surface area contributed by atoms with Gasteiger partial charge in [-0.3, -0.25) is 0 Å². The van der Waals surface area contributed by atoms with E-state index < -0.39 is 24.9 Å². The molecule has 1 saturated heterocycles. The molecule has 5 nitrogen and oxygen atoms in total. The van der Waals surface area contributed by atoms with Crippen LogP contribution < -0.4 is 5.73 Å². The molecular weight excluding hydrogens is 274 g/mol. The highest BCUT2D eigenvalue weighted by Gasteiger charge is 2.38. The minimum absolute atomic E-state index is 0.0573. The number of benzene rings is 1. The van der Waals surface area contributed by atoms with E-state index in [1.807, 2.05) is 0 Å². The molecule has 1 fully saturated rings. The monoisotopic (exact) mass is 289 g/mol. The maximum absolute atomic E-state index is 12.4. The lowest BCUT2D eigenvalue weighted by Crippen LogP contribution is -2.23. The lowest BCUT2D eigenvalue weighted by atomic mass is 10.2. The average molecular weight is 289 g/mol. The van der Waals surface area contributed by atoms with Crippen molar-refractivity contribution in [2.75, 3.05) is 17.2 Å². The molecule has 1 unspecified atom stereocenters. The van der Waals surface area contributed by atoms with Crippen LogP contribution in [0.2, 0.25) is 0 Å². The summed E-state index contributed by atoms with van der Waals surface area (Å²) in [7, 11) is -6.84. The largest absolute Gasteiger partial charge is 0.398 e. The third kappa shape index (κ3) is 2.24. The summed E-state index contributed by atoms with van der Waals surface area (Å²) in [5.41, 5.74) is 6.57. The first-order chi connectivity index (χ1) is 8.24. The number of hydrogen-bond acceptors (Lipinski definition) is 5. The lowest BCUT2D eigenvalue weighted by molar-refractivity contribution is 0.582. The van der Waals surface area contributed by atoms with E-state index in [1.165, 1.54) is 6.07 Å². The van der Waals surface area contributed by atoms with E-state index in [4.69, 9.17) is 5.73 Å². The van der Waals surface area contributed by atoms with Crippen molar-refractivity contribution in [3.8, 4) is 0 Å². The van der Waals surface area contributed by atoms with Crippen LogP contribution in [0.3, 0.4) is 0 Å². The molecule has 0 saturated carbocycles. The van der Waals surface area contributed by atoms with E-state index in [9.17, 15) is 16.8 Å². The molecule has 0 aromatic heterocycles. The van der Waals surface area contributed by atoms with E-state index in [-0.39, 0.29) is 22.8 Å². The first-order valence-electron chi connectivity index (χ1n) is 5.53. The number of hydrogen-bond donors (Lipinski definition) is 1. The molecule has 18 heavy (non-hydrogen) atoms. The Morgan fingerprint density at radius 3 is 2.56 bits per heavy atom. The van der Waals surface area contributed by atoms with Crippen molar-refractivity contribution >= 4 is 25.4 Å². The van der Waals surface area contributed by atoms with Crippen LogP contribution in [0.15, 0.2) is 23.1 Å². The van der Waals surface area contributed by atoms with Gasteiger partial charge < -0.3 is 5.73 Å². The van der Waals surface area contributed by atoms with E-state index in [0.717, 1.165) is 0 Å². The predicted octanol–water partition coefficient (Wildman–Crippen LogP) is 0.538. The molecule has 0 spiro atoms. The molecular formula is C11H15NO4S2. The minimum Gasteiger partial charge on any atom is -0.398 e. The fourth-order valence-electron chi connectivity index (χ4n) is 2.12. The van der Waals surface area contributed by atoms with Gasteiger partial charge in [-0.15, -0.1) is 0 Å². The van der Waals surface area contributed by atoms with E-state index in [2.05, 4.69) is 0 Å². The van der Waals surface area contributed by atoms with Crippen molar-refractivity contribution in [2.24, 2.45) is 0 Å². The SMILES string of the molecule is Cc1c(N)cccc1S(=O)(=O)C1CCS(=O)(=O)C1. The topological polar surface area (TPSA) is 94.3 Å². The molecule has 0 amide bonds. The van der Waals surface area contributed by atoms with Gasteiger partial charge in [-0.05, 0) is 31.0 Å². The highest BCUT2D eigenvalue weighted by molar-refractivity contribution is 7.96. The summed E-state index contributed by atoms with van der Waals surface area (Å²) >= 11 is 0. The fraction of sp³-hybridized carbons (Fsp3) is 0.455. The quantitative estimate of drug-likeness (QED) is 0.802. The van der Waals surface area contributed by atoms with Crippen molar-refractivity contribution in [3.63, 3.8) is 0 Å². The van der Waals surface area contributed by atoms with Gasteiger partial charge in [-0.1, -0.05) is 6.07 Å². The molecule has 100 valence electrons. The molecule has 1 atom stereocenters. The molecule has 1 aliphatic heterocycles. The van der Waals surface area contributed by atoms with Gasteiger partial charge in [0.25, 0.3) is 0 Å². The number of nitrogen functional groups attached to an aromatic ring is 1. The number of anilines is 1. The second kappa shape index (κ2) is 4.24. The first-order valence-corrected chi connectivity index (χ1v) is 8.90. The Kier molecular flexibility index (Phi) is 3.14. The van der Waals surface area contributed by atoms with Gasteiger partial charge in [0.05, 0.1) is 21.7 Å². The zero-order chi connectivity index (χ0) is 13.6. The summed E-state index contributed by atoms with van der Waals surface area (Å²) in [4.78, 5) is 0.143. The van der Waals surface area contributed by atoms with Crippen LogP contribution in [0.4, 0.5) is 5.69 Å². The third-order valence-electron chi connectivity index (χ3n) is 3.26. The second-order valence-electron chi connectivity index (χ2n) is 4.54. The first kappa shape index (κ1) is 13.4. The van der Waals surface area contributed by atoms with Crippen LogP contribution in [-0.2, 0) is 19.7 Å². The Labute approximate surface area is 107 Å². The molecule has 0 aliphatic carbocycles. The van der Waals surface area contributed by atoms with Crippen molar-refractivity contribution in [1.82, 2.24) is 0 Å². The summed E-state index contributed by atoms with van der Waals surface area (Å²) < 4.78 is 47.5. The molecule has 1 heterocycles. The van der Waals surface area contributed by atoms with Crippen molar-refractivity contribution in [1.29, 1.82) is 0 Å². The Hall–Kier alpha value is -1.08. The third-order valence-corrected chi connectivity index (χ3v) is 7.58.